The molecule has 0 aromatic heterocycles. The first kappa shape index (κ1) is 19.9. The van der Waals surface area contributed by atoms with Crippen molar-refractivity contribution in [2.45, 2.75) is 26.2 Å². The number of thioether (sulfide) groups is 1. The Balaban J connectivity index is 1.96. The van der Waals surface area contributed by atoms with Gasteiger partial charge in [0.05, 0.1) is 26.9 Å². The summed E-state index contributed by atoms with van der Waals surface area (Å²) in [7, 11) is 4.56. The van der Waals surface area contributed by atoms with Crippen LogP contribution >= 0.6 is 11.8 Å². The third kappa shape index (κ3) is 3.75. The first-order chi connectivity index (χ1) is 13.5. The van der Waals surface area contributed by atoms with E-state index in [9.17, 15) is 4.79 Å². The van der Waals surface area contributed by atoms with Crippen molar-refractivity contribution in [2.24, 2.45) is 10.1 Å². The molecule has 2 heterocycles. The minimum atomic E-state index is -0.468. The van der Waals surface area contributed by atoms with Crippen LogP contribution in [0.15, 0.2) is 27.8 Å². The lowest BCUT2D eigenvalue weighted by atomic mass is 10.1. The van der Waals surface area contributed by atoms with Crippen molar-refractivity contribution in [2.75, 3.05) is 21.3 Å². The van der Waals surface area contributed by atoms with Crippen molar-refractivity contribution in [3.05, 3.63) is 23.3 Å². The fraction of sp³-hybridized carbons (Fsp3) is 0.368. The average Bonchev–Trinajstić information content (AvgIpc) is 3.11. The summed E-state index contributed by atoms with van der Waals surface area (Å²) < 4.78 is 16.0. The number of hydrazone groups is 1. The molecule has 0 spiro atoms. The maximum Gasteiger partial charge on any atom is 0.283 e. The lowest BCUT2D eigenvalue weighted by Gasteiger charge is -2.20. The van der Waals surface area contributed by atoms with Crippen LogP contribution in [0, 0.1) is 5.41 Å². The Hall–Kier alpha value is -2.81. The zero-order valence-corrected chi connectivity index (χ0v) is 17.1. The molecule has 0 aliphatic carbocycles. The molecule has 0 unspecified atom stereocenters. The molecule has 1 amide bonds. The Labute approximate surface area is 167 Å². The highest BCUT2D eigenvalue weighted by molar-refractivity contribution is 8.26. The fourth-order valence-corrected chi connectivity index (χ4v) is 3.74. The number of ether oxygens (including phenoxy) is 3. The van der Waals surface area contributed by atoms with Gasteiger partial charge in [0, 0.05) is 0 Å². The Kier molecular flexibility index (Phi) is 6.03. The second-order valence-electron chi connectivity index (χ2n) is 6.08. The lowest BCUT2D eigenvalue weighted by molar-refractivity contribution is -0.114. The topological polar surface area (TPSA) is 96.6 Å². The number of aliphatic imine (C=N–C) groups is 1. The van der Waals surface area contributed by atoms with Gasteiger partial charge in [-0.25, -0.2) is 0 Å². The minimum Gasteiger partial charge on any atom is -0.493 e. The van der Waals surface area contributed by atoms with Crippen molar-refractivity contribution in [1.82, 2.24) is 5.01 Å². The third-order valence-corrected chi connectivity index (χ3v) is 5.21. The van der Waals surface area contributed by atoms with Gasteiger partial charge in [0.2, 0.25) is 10.9 Å². The molecule has 28 heavy (non-hydrogen) atoms. The van der Waals surface area contributed by atoms with Crippen LogP contribution in [-0.2, 0) is 4.79 Å². The number of benzene rings is 1. The first-order valence-electron chi connectivity index (χ1n) is 8.81. The molecule has 0 fully saturated rings. The summed E-state index contributed by atoms with van der Waals surface area (Å²) in [5.74, 6) is 0.916. The highest BCUT2D eigenvalue weighted by Crippen LogP contribution is 2.39. The number of methoxy groups -OCH3 is 3. The number of carbonyl (C=O) groups excluding carboxylic acids is 1. The highest BCUT2D eigenvalue weighted by atomic mass is 32.2. The maximum absolute atomic E-state index is 12.5. The van der Waals surface area contributed by atoms with E-state index in [2.05, 4.69) is 17.0 Å². The van der Waals surface area contributed by atoms with Crippen molar-refractivity contribution in [3.8, 4) is 17.2 Å². The lowest BCUT2D eigenvalue weighted by Crippen LogP contribution is -2.35. The van der Waals surface area contributed by atoms with Gasteiger partial charge in [-0.05, 0) is 48.4 Å². The molecule has 2 aliphatic rings. The smallest absolute Gasteiger partial charge is 0.283 e. The summed E-state index contributed by atoms with van der Waals surface area (Å²) in [6, 6.07) is 3.42. The molecule has 3 rings (SSSR count). The number of amidine groups is 2. The van der Waals surface area contributed by atoms with Gasteiger partial charge in [-0.2, -0.15) is 15.1 Å². The van der Waals surface area contributed by atoms with Gasteiger partial charge in [0.15, 0.2) is 17.3 Å². The van der Waals surface area contributed by atoms with Gasteiger partial charge in [-0.3, -0.25) is 10.2 Å². The molecule has 148 valence electrons. The van der Waals surface area contributed by atoms with Gasteiger partial charge in [-0.15, -0.1) is 0 Å². The standard InChI is InChI=1S/C19H22N4O4S/c1-5-6-7-15-22-23-17(20)12(18(24)21-19(23)28-15)8-11-9-13(25-2)16(27-4)14(10-11)26-3/h8-10,20H,5-7H2,1-4H3. The summed E-state index contributed by atoms with van der Waals surface area (Å²) >= 11 is 1.35. The Bertz CT molecular complexity index is 882. The van der Waals surface area contributed by atoms with Crippen molar-refractivity contribution >= 4 is 39.8 Å². The van der Waals surface area contributed by atoms with Crippen molar-refractivity contribution in [3.63, 3.8) is 0 Å². The molecule has 1 N–H and O–H groups in total. The number of carbonyl (C=O) groups is 1. The van der Waals surface area contributed by atoms with Crippen LogP contribution < -0.4 is 14.2 Å². The van der Waals surface area contributed by atoms with Crippen molar-refractivity contribution in [1.29, 1.82) is 5.41 Å². The molecule has 1 aromatic carbocycles. The van der Waals surface area contributed by atoms with Crippen LogP contribution in [0.2, 0.25) is 0 Å². The number of hydrogen-bond donors (Lipinski definition) is 1. The average molecular weight is 402 g/mol. The van der Waals surface area contributed by atoms with Gasteiger partial charge >= 0.3 is 0 Å². The molecule has 2 aliphatic heterocycles. The first-order valence-corrected chi connectivity index (χ1v) is 9.63. The molecule has 0 bridgehead atoms. The molecule has 0 radical (unpaired) electrons. The normalized spacial score (nSPS) is 17.4. The summed E-state index contributed by atoms with van der Waals surface area (Å²) in [5, 5.41) is 15.6. The third-order valence-electron chi connectivity index (χ3n) is 4.24. The maximum atomic E-state index is 12.5. The van der Waals surface area contributed by atoms with Crippen LogP contribution in [-0.4, -0.2) is 48.3 Å². The molecule has 1 aromatic rings. The van der Waals surface area contributed by atoms with Gasteiger partial charge in [0.1, 0.15) is 5.04 Å². The number of amides is 1. The number of fused-ring (bicyclic) bond motifs is 1. The van der Waals surface area contributed by atoms with E-state index in [4.69, 9.17) is 19.6 Å². The van der Waals surface area contributed by atoms with E-state index in [1.54, 1.807) is 18.2 Å². The molecule has 0 atom stereocenters. The predicted octanol–water partition coefficient (Wildman–Crippen LogP) is 3.52. The minimum absolute atomic E-state index is 0.00255. The Morgan fingerprint density at radius 3 is 2.43 bits per heavy atom. The van der Waals surface area contributed by atoms with E-state index in [0.717, 1.165) is 24.3 Å². The van der Waals surface area contributed by atoms with Crippen molar-refractivity contribution < 1.29 is 19.0 Å². The quantitative estimate of drug-likeness (QED) is 0.701. The van der Waals surface area contributed by atoms with Gasteiger partial charge in [0.25, 0.3) is 5.91 Å². The van der Waals surface area contributed by atoms with Crippen LogP contribution in [0.4, 0.5) is 0 Å². The predicted molar refractivity (Wildman–Crippen MR) is 111 cm³/mol. The number of unbranched alkanes of at least 4 members (excludes halogenated alkanes) is 1. The molecule has 0 saturated heterocycles. The molecule has 9 heteroatoms. The second-order valence-corrected chi connectivity index (χ2v) is 7.12. The van der Waals surface area contributed by atoms with E-state index >= 15 is 0 Å². The zero-order valence-electron chi connectivity index (χ0n) is 16.2. The summed E-state index contributed by atoms with van der Waals surface area (Å²) in [5.41, 5.74) is 0.780. The Morgan fingerprint density at radius 2 is 1.86 bits per heavy atom. The zero-order chi connectivity index (χ0) is 20.3. The number of hydrogen-bond acceptors (Lipinski definition) is 7. The molecule has 0 saturated carbocycles. The van der Waals surface area contributed by atoms with E-state index in [1.165, 1.54) is 38.1 Å². The molecule has 8 nitrogen and oxygen atoms in total. The summed E-state index contributed by atoms with van der Waals surface area (Å²) in [4.78, 5) is 16.6. The van der Waals surface area contributed by atoms with E-state index in [0.29, 0.717) is 28.0 Å². The SMILES string of the molecule is CCCCC1=NN2C(=N)C(=Cc3cc(OC)c(OC)c(OC)c3)C(=O)N=C2S1. The van der Waals surface area contributed by atoms with E-state index in [1.807, 2.05) is 0 Å². The monoisotopic (exact) mass is 402 g/mol. The Morgan fingerprint density at radius 1 is 1.18 bits per heavy atom. The fourth-order valence-electron chi connectivity index (χ4n) is 2.81. The summed E-state index contributed by atoms with van der Waals surface area (Å²) in [6.45, 7) is 2.11. The second kappa shape index (κ2) is 8.47. The van der Waals surface area contributed by atoms with Crippen LogP contribution in [0.25, 0.3) is 6.08 Å². The highest BCUT2D eigenvalue weighted by Gasteiger charge is 2.35. The summed E-state index contributed by atoms with van der Waals surface area (Å²) in [6.07, 6.45) is 4.45. The van der Waals surface area contributed by atoms with Gasteiger partial charge in [-0.1, -0.05) is 13.3 Å². The van der Waals surface area contributed by atoms with Crippen LogP contribution in [0.5, 0.6) is 17.2 Å². The largest absolute Gasteiger partial charge is 0.493 e. The molecular weight excluding hydrogens is 380 g/mol. The van der Waals surface area contributed by atoms with Crippen LogP contribution in [0.3, 0.4) is 0 Å². The number of nitrogens with one attached hydrogen (secondary N) is 1. The molecular formula is C19H22N4O4S. The van der Waals surface area contributed by atoms with E-state index in [-0.39, 0.29) is 11.4 Å². The van der Waals surface area contributed by atoms with E-state index < -0.39 is 5.91 Å². The van der Waals surface area contributed by atoms with Crippen LogP contribution in [0.1, 0.15) is 31.7 Å². The number of nitrogens with zero attached hydrogens (tertiary/aromatic N) is 3. The van der Waals surface area contributed by atoms with Gasteiger partial charge < -0.3 is 14.2 Å². The number of rotatable bonds is 7.